The van der Waals surface area contributed by atoms with Gasteiger partial charge in [0.15, 0.2) is 0 Å². The maximum absolute atomic E-state index is 3.63. The van der Waals surface area contributed by atoms with E-state index in [0.29, 0.717) is 0 Å². The van der Waals surface area contributed by atoms with E-state index in [-0.39, 0.29) is 0 Å². The molecule has 37 heavy (non-hydrogen) atoms. The molecule has 2 rings (SSSR count). The first kappa shape index (κ1) is 31.6. The van der Waals surface area contributed by atoms with Crippen LogP contribution in [0.15, 0.2) is 48.5 Å². The van der Waals surface area contributed by atoms with Gasteiger partial charge in [-0.25, -0.2) is 0 Å². The minimum atomic E-state index is 0.743. The van der Waals surface area contributed by atoms with Gasteiger partial charge in [-0.15, -0.1) is 0 Å². The van der Waals surface area contributed by atoms with E-state index >= 15 is 0 Å². The van der Waals surface area contributed by atoms with E-state index in [9.17, 15) is 0 Å². The van der Waals surface area contributed by atoms with Gasteiger partial charge in [0.25, 0.3) is 0 Å². The molecule has 0 atom stereocenters. The molecule has 2 N–H and O–H groups in total. The molecule has 2 aromatic rings. The second-order valence-electron chi connectivity index (χ2n) is 11.2. The number of unbranched alkanes of at least 4 members (excludes halogenated alkanes) is 4. The monoisotopic (exact) mass is 506 g/mol. The zero-order chi connectivity index (χ0) is 26.6. The van der Waals surface area contributed by atoms with E-state index in [1.54, 1.807) is 11.1 Å². The van der Waals surface area contributed by atoms with Crippen molar-refractivity contribution in [3.8, 4) is 0 Å². The largest absolute Gasteiger partial charge is 0.313 e. The van der Waals surface area contributed by atoms with Gasteiger partial charge in [-0.2, -0.15) is 0 Å². The van der Waals surface area contributed by atoms with Crippen LogP contribution in [0.5, 0.6) is 0 Å². The van der Waals surface area contributed by atoms with Crippen molar-refractivity contribution >= 4 is 0 Å². The van der Waals surface area contributed by atoms with E-state index < -0.39 is 0 Å². The summed E-state index contributed by atoms with van der Waals surface area (Å²) in [4.78, 5) is 0. The quantitative estimate of drug-likeness (QED) is 0.155. The maximum atomic E-state index is 3.63. The molecule has 2 aromatic carbocycles. The fourth-order valence-electron chi connectivity index (χ4n) is 5.38. The molecule has 0 aliphatic heterocycles. The minimum absolute atomic E-state index is 0.743. The molecule has 0 bridgehead atoms. The molecule has 0 amide bonds. The van der Waals surface area contributed by atoms with Gasteiger partial charge in [0.2, 0.25) is 0 Å². The van der Waals surface area contributed by atoms with Gasteiger partial charge in [-0.3, -0.25) is 0 Å². The summed E-state index contributed by atoms with van der Waals surface area (Å²) in [7, 11) is 0. The number of hydrogen-bond acceptors (Lipinski definition) is 2. The summed E-state index contributed by atoms with van der Waals surface area (Å²) >= 11 is 0. The first-order chi connectivity index (χ1) is 18.2. The molecule has 0 aliphatic rings. The van der Waals surface area contributed by atoms with E-state index in [0.717, 1.165) is 44.4 Å². The fraction of sp³-hybridized carbons (Fsp3) is 0.657. The molecule has 0 saturated carbocycles. The predicted octanol–water partition coefficient (Wildman–Crippen LogP) is 9.88. The molecule has 2 nitrogen and oxygen atoms in total. The zero-order valence-electron chi connectivity index (χ0n) is 24.8. The van der Waals surface area contributed by atoms with E-state index in [1.807, 2.05) is 0 Å². The summed E-state index contributed by atoms with van der Waals surface area (Å²) in [5.74, 6) is 1.49. The Morgan fingerprint density at radius 3 is 1.08 bits per heavy atom. The topological polar surface area (TPSA) is 24.1 Å². The second kappa shape index (κ2) is 20.3. The third-order valence-electron chi connectivity index (χ3n) is 7.89. The average molecular weight is 507 g/mol. The molecule has 208 valence electrons. The van der Waals surface area contributed by atoms with Gasteiger partial charge in [-0.1, -0.05) is 128 Å². The second-order valence-corrected chi connectivity index (χ2v) is 11.2. The standard InChI is InChI=1S/C35H58N2/c1-5-9-14-32(15-10-6-2)34-22-18-30(19-23-34)28-36-26-13-27-37-29-31-20-24-35(25-21-31)33(16-11-7-3)17-12-8-4/h18-25,32-33,36-37H,5-17,26-29H2,1-4H3. The van der Waals surface area contributed by atoms with Gasteiger partial charge in [0.05, 0.1) is 0 Å². The molecule has 2 heteroatoms. The molecule has 0 fully saturated rings. The van der Waals surface area contributed by atoms with Crippen LogP contribution in [0.25, 0.3) is 0 Å². The highest BCUT2D eigenvalue weighted by atomic mass is 14.9. The lowest BCUT2D eigenvalue weighted by molar-refractivity contribution is 0.524. The summed E-state index contributed by atoms with van der Waals surface area (Å²) in [6.45, 7) is 13.3. The van der Waals surface area contributed by atoms with Crippen LogP contribution in [0.4, 0.5) is 0 Å². The normalized spacial score (nSPS) is 11.6. The average Bonchev–Trinajstić information content (AvgIpc) is 2.93. The molecule has 0 aliphatic carbocycles. The Morgan fingerprint density at radius 1 is 0.459 bits per heavy atom. The van der Waals surface area contributed by atoms with E-state index in [2.05, 4.69) is 86.9 Å². The summed E-state index contributed by atoms with van der Waals surface area (Å²) in [6, 6.07) is 18.9. The van der Waals surface area contributed by atoms with E-state index in [1.165, 1.54) is 88.2 Å². The minimum Gasteiger partial charge on any atom is -0.313 e. The van der Waals surface area contributed by atoms with Gasteiger partial charge in [-0.05, 0) is 79.3 Å². The SMILES string of the molecule is CCCCC(CCCC)c1ccc(CNCCCNCc2ccc(C(CCCC)CCCC)cc2)cc1. The molecule has 0 heterocycles. The van der Waals surface area contributed by atoms with Crippen LogP contribution < -0.4 is 10.6 Å². The first-order valence-electron chi connectivity index (χ1n) is 15.8. The molecule has 0 aromatic heterocycles. The molecule has 0 radical (unpaired) electrons. The molecule has 0 unspecified atom stereocenters. The number of nitrogens with one attached hydrogen (secondary N) is 2. The van der Waals surface area contributed by atoms with Crippen LogP contribution in [0, 0.1) is 0 Å². The van der Waals surface area contributed by atoms with Crippen molar-refractivity contribution in [2.24, 2.45) is 0 Å². The predicted molar refractivity (Wildman–Crippen MR) is 164 cm³/mol. The van der Waals surface area contributed by atoms with Crippen LogP contribution in [0.2, 0.25) is 0 Å². The van der Waals surface area contributed by atoms with Crippen LogP contribution in [-0.4, -0.2) is 13.1 Å². The number of rotatable bonds is 22. The Hall–Kier alpha value is -1.64. The van der Waals surface area contributed by atoms with Gasteiger partial charge >= 0.3 is 0 Å². The van der Waals surface area contributed by atoms with Crippen molar-refractivity contribution in [1.82, 2.24) is 10.6 Å². The molecular weight excluding hydrogens is 448 g/mol. The summed E-state index contributed by atoms with van der Waals surface area (Å²) in [5.41, 5.74) is 5.89. The molecule has 0 saturated heterocycles. The number of benzene rings is 2. The van der Waals surface area contributed by atoms with E-state index in [4.69, 9.17) is 0 Å². The van der Waals surface area contributed by atoms with Crippen molar-refractivity contribution in [3.63, 3.8) is 0 Å². The van der Waals surface area contributed by atoms with Gasteiger partial charge < -0.3 is 10.6 Å². The fourth-order valence-corrected chi connectivity index (χ4v) is 5.38. The van der Waals surface area contributed by atoms with Crippen LogP contribution in [0.1, 0.15) is 145 Å². The Balaban J connectivity index is 1.64. The lowest BCUT2D eigenvalue weighted by Gasteiger charge is -2.17. The van der Waals surface area contributed by atoms with Crippen molar-refractivity contribution in [2.75, 3.05) is 13.1 Å². The van der Waals surface area contributed by atoms with Gasteiger partial charge in [0.1, 0.15) is 0 Å². The highest BCUT2D eigenvalue weighted by Crippen LogP contribution is 2.29. The molecular formula is C35H58N2. The maximum Gasteiger partial charge on any atom is 0.0205 e. The number of hydrogen-bond donors (Lipinski definition) is 2. The lowest BCUT2D eigenvalue weighted by atomic mass is 9.88. The van der Waals surface area contributed by atoms with Crippen LogP contribution in [-0.2, 0) is 13.1 Å². The highest BCUT2D eigenvalue weighted by molar-refractivity contribution is 5.26. The summed E-state index contributed by atoms with van der Waals surface area (Å²) in [6.07, 6.45) is 17.1. The Kier molecular flexibility index (Phi) is 17.4. The van der Waals surface area contributed by atoms with Crippen molar-refractivity contribution < 1.29 is 0 Å². The summed E-state index contributed by atoms with van der Waals surface area (Å²) in [5, 5.41) is 7.26. The first-order valence-corrected chi connectivity index (χ1v) is 15.8. The van der Waals surface area contributed by atoms with Crippen molar-refractivity contribution in [2.45, 2.75) is 136 Å². The van der Waals surface area contributed by atoms with Crippen molar-refractivity contribution in [3.05, 3.63) is 70.8 Å². The van der Waals surface area contributed by atoms with Crippen molar-refractivity contribution in [1.29, 1.82) is 0 Å². The third-order valence-corrected chi connectivity index (χ3v) is 7.89. The lowest BCUT2D eigenvalue weighted by Crippen LogP contribution is -2.21. The summed E-state index contributed by atoms with van der Waals surface area (Å²) < 4.78 is 0. The Bertz CT molecular complexity index is 696. The Morgan fingerprint density at radius 2 is 0.784 bits per heavy atom. The third kappa shape index (κ3) is 13.1. The van der Waals surface area contributed by atoms with Crippen LogP contribution >= 0.6 is 0 Å². The van der Waals surface area contributed by atoms with Crippen LogP contribution in [0.3, 0.4) is 0 Å². The smallest absolute Gasteiger partial charge is 0.0205 e. The Labute approximate surface area is 230 Å². The zero-order valence-corrected chi connectivity index (χ0v) is 24.8. The molecule has 0 spiro atoms. The highest BCUT2D eigenvalue weighted by Gasteiger charge is 2.11. The van der Waals surface area contributed by atoms with Gasteiger partial charge in [0, 0.05) is 13.1 Å².